The fourth-order valence-corrected chi connectivity index (χ4v) is 1.53. The van der Waals surface area contributed by atoms with Gasteiger partial charge < -0.3 is 15.1 Å². The fraction of sp³-hybridized carbons (Fsp3) is 0.667. The number of carbonyl (C=O) groups excluding carboxylic acids is 1. The molecule has 0 saturated carbocycles. The molecule has 1 saturated heterocycles. The van der Waals surface area contributed by atoms with E-state index in [1.54, 1.807) is 6.08 Å². The van der Waals surface area contributed by atoms with Crippen molar-refractivity contribution in [2.75, 3.05) is 19.8 Å². The molecule has 4 heteroatoms. The largest absolute Gasteiger partial charge is 0.394 e. The Labute approximate surface area is 77.5 Å². The van der Waals surface area contributed by atoms with Crippen LogP contribution in [0.5, 0.6) is 0 Å². The van der Waals surface area contributed by atoms with Gasteiger partial charge in [0.1, 0.15) is 0 Å². The molecule has 1 heterocycles. The molecular formula is C9H15NO3. The second kappa shape index (κ2) is 4.39. The number of carbonyl (C=O) groups is 1. The Morgan fingerprint density at radius 3 is 2.62 bits per heavy atom. The first kappa shape index (κ1) is 10.2. The van der Waals surface area contributed by atoms with Crippen molar-refractivity contribution in [2.24, 2.45) is 5.92 Å². The fourth-order valence-electron chi connectivity index (χ4n) is 1.53. The van der Waals surface area contributed by atoms with E-state index in [-0.39, 0.29) is 25.0 Å². The maximum absolute atomic E-state index is 11.4. The number of aliphatic hydroxyl groups is 2. The standard InChI is InChI=1S/C9H15NO3/c1-2-7-3-9(13)10(4-7)8(5-11)6-12/h2,7-8,11-12H,1,3-6H2. The van der Waals surface area contributed by atoms with Gasteiger partial charge in [0.2, 0.25) is 5.91 Å². The summed E-state index contributed by atoms with van der Waals surface area (Å²) in [5, 5.41) is 17.8. The molecule has 0 radical (unpaired) electrons. The number of hydrogen-bond donors (Lipinski definition) is 2. The Morgan fingerprint density at radius 1 is 1.62 bits per heavy atom. The Hall–Kier alpha value is -0.870. The summed E-state index contributed by atoms with van der Waals surface area (Å²) in [6.07, 6.45) is 2.18. The Morgan fingerprint density at radius 2 is 2.23 bits per heavy atom. The molecule has 1 amide bonds. The van der Waals surface area contributed by atoms with E-state index in [1.807, 2.05) is 0 Å². The summed E-state index contributed by atoms with van der Waals surface area (Å²) < 4.78 is 0. The molecule has 1 rings (SSSR count). The van der Waals surface area contributed by atoms with E-state index in [2.05, 4.69) is 6.58 Å². The van der Waals surface area contributed by atoms with Crippen LogP contribution in [0.2, 0.25) is 0 Å². The van der Waals surface area contributed by atoms with E-state index in [9.17, 15) is 4.79 Å². The number of amides is 1. The minimum Gasteiger partial charge on any atom is -0.394 e. The van der Waals surface area contributed by atoms with Gasteiger partial charge in [-0.1, -0.05) is 6.08 Å². The molecular weight excluding hydrogens is 170 g/mol. The quantitative estimate of drug-likeness (QED) is 0.573. The van der Waals surface area contributed by atoms with Crippen LogP contribution in [0.15, 0.2) is 12.7 Å². The van der Waals surface area contributed by atoms with Crippen LogP contribution >= 0.6 is 0 Å². The zero-order valence-electron chi connectivity index (χ0n) is 7.52. The van der Waals surface area contributed by atoms with Gasteiger partial charge in [-0.3, -0.25) is 4.79 Å². The van der Waals surface area contributed by atoms with Crippen LogP contribution in [0.25, 0.3) is 0 Å². The molecule has 0 aromatic rings. The molecule has 1 aliphatic rings. The number of aliphatic hydroxyl groups excluding tert-OH is 2. The van der Waals surface area contributed by atoms with Gasteiger partial charge in [-0.25, -0.2) is 0 Å². The summed E-state index contributed by atoms with van der Waals surface area (Å²) in [4.78, 5) is 12.9. The molecule has 4 nitrogen and oxygen atoms in total. The lowest BCUT2D eigenvalue weighted by Gasteiger charge is -2.24. The zero-order chi connectivity index (χ0) is 9.84. The van der Waals surface area contributed by atoms with Crippen molar-refractivity contribution in [3.05, 3.63) is 12.7 Å². The highest BCUT2D eigenvalue weighted by atomic mass is 16.3. The number of likely N-dealkylation sites (tertiary alicyclic amines) is 1. The van der Waals surface area contributed by atoms with Crippen LogP contribution < -0.4 is 0 Å². The summed E-state index contributed by atoms with van der Waals surface area (Å²) in [6, 6.07) is -0.447. The SMILES string of the molecule is C=CC1CC(=O)N(C(CO)CO)C1. The number of nitrogens with zero attached hydrogens (tertiary/aromatic N) is 1. The maximum Gasteiger partial charge on any atom is 0.223 e. The predicted octanol–water partition coefficient (Wildman–Crippen LogP) is -0.626. The zero-order valence-corrected chi connectivity index (χ0v) is 7.52. The first-order chi connectivity index (χ1) is 6.22. The summed E-state index contributed by atoms with van der Waals surface area (Å²) in [7, 11) is 0. The number of hydrogen-bond acceptors (Lipinski definition) is 3. The van der Waals surface area contributed by atoms with Crippen LogP contribution in [0, 0.1) is 5.92 Å². The van der Waals surface area contributed by atoms with E-state index in [1.165, 1.54) is 4.90 Å². The number of rotatable bonds is 4. The first-order valence-corrected chi connectivity index (χ1v) is 4.36. The Kier molecular flexibility index (Phi) is 3.45. The van der Waals surface area contributed by atoms with Gasteiger partial charge in [0.25, 0.3) is 0 Å². The lowest BCUT2D eigenvalue weighted by Crippen LogP contribution is -2.41. The summed E-state index contributed by atoms with van der Waals surface area (Å²) in [6.45, 7) is 3.81. The average Bonchev–Trinajstić information content (AvgIpc) is 2.50. The average molecular weight is 185 g/mol. The van der Waals surface area contributed by atoms with Crippen molar-refractivity contribution in [1.29, 1.82) is 0 Å². The van der Waals surface area contributed by atoms with Crippen molar-refractivity contribution >= 4 is 5.91 Å². The highest BCUT2D eigenvalue weighted by Gasteiger charge is 2.32. The van der Waals surface area contributed by atoms with Crippen LogP contribution in [-0.2, 0) is 4.79 Å². The van der Waals surface area contributed by atoms with Gasteiger partial charge in [-0.15, -0.1) is 6.58 Å². The van der Waals surface area contributed by atoms with Crippen LogP contribution in [0.3, 0.4) is 0 Å². The summed E-state index contributed by atoms with van der Waals surface area (Å²) in [5.41, 5.74) is 0. The highest BCUT2D eigenvalue weighted by Crippen LogP contribution is 2.20. The topological polar surface area (TPSA) is 60.8 Å². The molecule has 0 bridgehead atoms. The van der Waals surface area contributed by atoms with Gasteiger partial charge in [0, 0.05) is 18.9 Å². The third kappa shape index (κ3) is 2.08. The normalized spacial score (nSPS) is 22.8. The Balaban J connectivity index is 2.60. The van der Waals surface area contributed by atoms with Gasteiger partial charge >= 0.3 is 0 Å². The van der Waals surface area contributed by atoms with Crippen LogP contribution in [0.1, 0.15) is 6.42 Å². The molecule has 0 aromatic carbocycles. The van der Waals surface area contributed by atoms with E-state index >= 15 is 0 Å². The van der Waals surface area contributed by atoms with E-state index in [0.717, 1.165) is 0 Å². The maximum atomic E-state index is 11.4. The second-order valence-electron chi connectivity index (χ2n) is 3.26. The van der Waals surface area contributed by atoms with Gasteiger partial charge in [0.05, 0.1) is 19.3 Å². The first-order valence-electron chi connectivity index (χ1n) is 4.36. The third-order valence-corrected chi connectivity index (χ3v) is 2.38. The van der Waals surface area contributed by atoms with Crippen molar-refractivity contribution < 1.29 is 15.0 Å². The lowest BCUT2D eigenvalue weighted by atomic mass is 10.1. The predicted molar refractivity (Wildman–Crippen MR) is 48.0 cm³/mol. The van der Waals surface area contributed by atoms with Gasteiger partial charge in [-0.05, 0) is 0 Å². The molecule has 13 heavy (non-hydrogen) atoms. The Bertz CT molecular complexity index is 201. The van der Waals surface area contributed by atoms with Crippen LogP contribution in [-0.4, -0.2) is 46.8 Å². The van der Waals surface area contributed by atoms with E-state index < -0.39 is 6.04 Å². The van der Waals surface area contributed by atoms with Gasteiger partial charge in [0.15, 0.2) is 0 Å². The molecule has 0 aliphatic carbocycles. The third-order valence-electron chi connectivity index (χ3n) is 2.38. The molecule has 1 fully saturated rings. The molecule has 74 valence electrons. The van der Waals surface area contributed by atoms with Crippen molar-refractivity contribution in [1.82, 2.24) is 4.90 Å². The smallest absolute Gasteiger partial charge is 0.223 e. The molecule has 0 spiro atoms. The molecule has 1 atom stereocenters. The lowest BCUT2D eigenvalue weighted by molar-refractivity contribution is -0.131. The summed E-state index contributed by atoms with van der Waals surface area (Å²) >= 11 is 0. The molecule has 1 unspecified atom stereocenters. The van der Waals surface area contributed by atoms with Crippen molar-refractivity contribution in [3.63, 3.8) is 0 Å². The minimum atomic E-state index is -0.447. The highest BCUT2D eigenvalue weighted by molar-refractivity contribution is 5.79. The summed E-state index contributed by atoms with van der Waals surface area (Å²) in [5.74, 6) is 0.145. The van der Waals surface area contributed by atoms with Gasteiger partial charge in [-0.2, -0.15) is 0 Å². The molecule has 2 N–H and O–H groups in total. The van der Waals surface area contributed by atoms with E-state index in [4.69, 9.17) is 10.2 Å². The van der Waals surface area contributed by atoms with Crippen molar-refractivity contribution in [3.8, 4) is 0 Å². The monoisotopic (exact) mass is 185 g/mol. The second-order valence-corrected chi connectivity index (χ2v) is 3.26. The molecule has 1 aliphatic heterocycles. The van der Waals surface area contributed by atoms with E-state index in [0.29, 0.717) is 13.0 Å². The molecule has 0 aromatic heterocycles. The minimum absolute atomic E-state index is 0.0157. The van der Waals surface area contributed by atoms with Crippen molar-refractivity contribution in [2.45, 2.75) is 12.5 Å². The van der Waals surface area contributed by atoms with Crippen LogP contribution in [0.4, 0.5) is 0 Å².